The normalized spacial score (nSPS) is 10.6. The molecule has 22 heavy (non-hydrogen) atoms. The summed E-state index contributed by atoms with van der Waals surface area (Å²) >= 11 is 0. The van der Waals surface area contributed by atoms with E-state index in [2.05, 4.69) is 10.3 Å². The third-order valence-electron chi connectivity index (χ3n) is 3.40. The molecule has 0 bridgehead atoms. The van der Waals surface area contributed by atoms with Crippen LogP contribution in [0.3, 0.4) is 0 Å². The van der Waals surface area contributed by atoms with Gasteiger partial charge in [-0.15, -0.1) is 4.91 Å². The van der Waals surface area contributed by atoms with Crippen LogP contribution in [0.5, 0.6) is 0 Å². The molecule has 0 aliphatic heterocycles. The van der Waals surface area contributed by atoms with Gasteiger partial charge in [-0.1, -0.05) is 29.8 Å². The fourth-order valence-electron chi connectivity index (χ4n) is 2.09. The van der Waals surface area contributed by atoms with Gasteiger partial charge < -0.3 is 0 Å². The molecular weight excluding hydrogens is 280 g/mol. The average molecular weight is 294 g/mol. The summed E-state index contributed by atoms with van der Waals surface area (Å²) in [6, 6.07) is 9.37. The van der Waals surface area contributed by atoms with Crippen molar-refractivity contribution in [3.8, 4) is 6.07 Å². The molecule has 0 saturated carbocycles. The van der Waals surface area contributed by atoms with Crippen LogP contribution in [0.1, 0.15) is 27.9 Å². The number of aromatic nitrogens is 1. The van der Waals surface area contributed by atoms with Crippen LogP contribution >= 0.6 is 0 Å². The van der Waals surface area contributed by atoms with Crippen molar-refractivity contribution in [2.45, 2.75) is 20.8 Å². The number of nitroso groups, excluding NO2 is 1. The summed E-state index contributed by atoms with van der Waals surface area (Å²) in [7, 11) is 0. The summed E-state index contributed by atoms with van der Waals surface area (Å²) in [4.78, 5) is 23.2. The predicted molar refractivity (Wildman–Crippen MR) is 84.5 cm³/mol. The smallest absolute Gasteiger partial charge is 0.266 e. The van der Waals surface area contributed by atoms with E-state index in [1.165, 1.54) is 13.1 Å². The molecule has 0 saturated heterocycles. The molecule has 0 radical (unpaired) electrons. The Morgan fingerprint density at radius 1 is 1.18 bits per heavy atom. The fourth-order valence-corrected chi connectivity index (χ4v) is 2.09. The van der Waals surface area contributed by atoms with Crippen LogP contribution in [-0.2, 0) is 0 Å². The number of rotatable bonds is 3. The number of hydrogen-bond donors (Lipinski definition) is 0. The lowest BCUT2D eigenvalue weighted by Gasteiger charge is -2.09. The van der Waals surface area contributed by atoms with E-state index in [0.717, 1.165) is 15.8 Å². The molecular formula is C16H14N4O2. The first-order valence-electron chi connectivity index (χ1n) is 6.60. The second-order valence-electron chi connectivity index (χ2n) is 4.91. The van der Waals surface area contributed by atoms with Crippen LogP contribution in [0.4, 0.5) is 5.69 Å². The SMILES string of the molecule is Cc1ccc(/C=N/n2c(C)c(N=O)c(C)c(C#N)c2=O)cc1. The Morgan fingerprint density at radius 2 is 1.82 bits per heavy atom. The van der Waals surface area contributed by atoms with E-state index in [4.69, 9.17) is 5.26 Å². The summed E-state index contributed by atoms with van der Waals surface area (Å²) in [6.07, 6.45) is 1.50. The molecule has 1 aromatic heterocycles. The highest BCUT2D eigenvalue weighted by atomic mass is 16.3. The van der Waals surface area contributed by atoms with Gasteiger partial charge in [0.25, 0.3) is 5.56 Å². The Hall–Kier alpha value is -3.07. The molecule has 110 valence electrons. The number of nitrogens with zero attached hydrogens (tertiary/aromatic N) is 4. The Bertz CT molecular complexity index is 856. The topological polar surface area (TPSA) is 87.6 Å². The summed E-state index contributed by atoms with van der Waals surface area (Å²) in [5.41, 5.74) is 1.88. The van der Waals surface area contributed by atoms with Crippen LogP contribution in [0.15, 0.2) is 39.3 Å². The molecule has 6 nitrogen and oxygen atoms in total. The Kier molecular flexibility index (Phi) is 4.28. The highest BCUT2D eigenvalue weighted by Gasteiger charge is 2.17. The third kappa shape index (κ3) is 2.69. The first-order chi connectivity index (χ1) is 10.5. The zero-order valence-corrected chi connectivity index (χ0v) is 12.5. The van der Waals surface area contributed by atoms with Gasteiger partial charge in [-0.25, -0.2) is 0 Å². The standard InChI is InChI=1S/C16H14N4O2/c1-10-4-6-13(7-5-10)9-18-20-12(3)15(19-22)11(2)14(8-17)16(20)21/h4-7,9H,1-3H3/b18-9+. The number of nitriles is 1. The molecule has 0 aliphatic rings. The van der Waals surface area contributed by atoms with E-state index in [1.54, 1.807) is 13.0 Å². The largest absolute Gasteiger partial charge is 0.289 e. The second kappa shape index (κ2) is 6.14. The highest BCUT2D eigenvalue weighted by molar-refractivity contribution is 5.79. The average Bonchev–Trinajstić information content (AvgIpc) is 2.50. The van der Waals surface area contributed by atoms with E-state index >= 15 is 0 Å². The van der Waals surface area contributed by atoms with Gasteiger partial charge >= 0.3 is 0 Å². The number of aryl methyl sites for hydroxylation is 1. The van der Waals surface area contributed by atoms with Gasteiger partial charge in [0.15, 0.2) is 0 Å². The van der Waals surface area contributed by atoms with Crippen molar-refractivity contribution < 1.29 is 0 Å². The maximum Gasteiger partial charge on any atom is 0.289 e. The van der Waals surface area contributed by atoms with Gasteiger partial charge in [-0.05, 0) is 31.5 Å². The molecule has 6 heteroatoms. The summed E-state index contributed by atoms with van der Waals surface area (Å²) in [5, 5.41) is 16.1. The maximum absolute atomic E-state index is 12.3. The second-order valence-corrected chi connectivity index (χ2v) is 4.91. The molecule has 0 N–H and O–H groups in total. The van der Waals surface area contributed by atoms with E-state index in [-0.39, 0.29) is 16.8 Å². The molecule has 2 aromatic rings. The van der Waals surface area contributed by atoms with Crippen molar-refractivity contribution >= 4 is 11.9 Å². The van der Waals surface area contributed by atoms with Gasteiger partial charge in [0.2, 0.25) is 0 Å². The van der Waals surface area contributed by atoms with Crippen LogP contribution < -0.4 is 5.56 Å². The molecule has 0 amide bonds. The molecule has 1 aromatic carbocycles. The van der Waals surface area contributed by atoms with E-state index < -0.39 is 5.56 Å². The lowest BCUT2D eigenvalue weighted by molar-refractivity contribution is 0.787. The lowest BCUT2D eigenvalue weighted by atomic mass is 10.1. The summed E-state index contributed by atoms with van der Waals surface area (Å²) in [6.45, 7) is 5.06. The molecule has 0 aliphatic carbocycles. The van der Waals surface area contributed by atoms with Gasteiger partial charge in [-0.3, -0.25) is 4.79 Å². The van der Waals surface area contributed by atoms with Crippen molar-refractivity contribution in [2.75, 3.05) is 0 Å². The van der Waals surface area contributed by atoms with Gasteiger partial charge in [0.1, 0.15) is 17.3 Å². The van der Waals surface area contributed by atoms with Crippen molar-refractivity contribution in [3.63, 3.8) is 0 Å². The number of pyridine rings is 1. The van der Waals surface area contributed by atoms with Crippen LogP contribution in [0.2, 0.25) is 0 Å². The minimum absolute atomic E-state index is 0.0669. The molecule has 2 rings (SSSR count). The lowest BCUT2D eigenvalue weighted by Crippen LogP contribution is -2.23. The summed E-state index contributed by atoms with van der Waals surface area (Å²) < 4.78 is 1.03. The number of benzene rings is 1. The van der Waals surface area contributed by atoms with Crippen LogP contribution in [0.25, 0.3) is 0 Å². The molecule has 0 spiro atoms. The highest BCUT2D eigenvalue weighted by Crippen LogP contribution is 2.23. The monoisotopic (exact) mass is 294 g/mol. The molecule has 0 fully saturated rings. The van der Waals surface area contributed by atoms with Crippen molar-refractivity contribution in [3.05, 3.63) is 67.5 Å². The first-order valence-corrected chi connectivity index (χ1v) is 6.60. The predicted octanol–water partition coefficient (Wildman–Crippen LogP) is 2.93. The van der Waals surface area contributed by atoms with Crippen molar-refractivity contribution in [2.24, 2.45) is 10.3 Å². The van der Waals surface area contributed by atoms with Crippen LogP contribution in [-0.4, -0.2) is 10.9 Å². The zero-order chi connectivity index (χ0) is 16.3. The first kappa shape index (κ1) is 15.3. The van der Waals surface area contributed by atoms with E-state index in [1.807, 2.05) is 31.2 Å². The Morgan fingerprint density at radius 3 is 2.36 bits per heavy atom. The minimum Gasteiger partial charge on any atom is -0.266 e. The van der Waals surface area contributed by atoms with Gasteiger partial charge in [0, 0.05) is 5.56 Å². The summed E-state index contributed by atoms with van der Waals surface area (Å²) in [5.74, 6) is 0. The van der Waals surface area contributed by atoms with Crippen molar-refractivity contribution in [1.29, 1.82) is 5.26 Å². The quantitative estimate of drug-likeness (QED) is 0.644. The fraction of sp³-hybridized carbons (Fsp3) is 0.188. The Balaban J connectivity index is 2.61. The Labute approximate surface area is 127 Å². The van der Waals surface area contributed by atoms with Gasteiger partial charge in [-0.2, -0.15) is 15.0 Å². The zero-order valence-electron chi connectivity index (χ0n) is 12.5. The number of hydrogen-bond acceptors (Lipinski definition) is 5. The van der Waals surface area contributed by atoms with E-state index in [0.29, 0.717) is 5.69 Å². The minimum atomic E-state index is -0.562. The molecule has 1 heterocycles. The molecule has 0 unspecified atom stereocenters. The van der Waals surface area contributed by atoms with Crippen molar-refractivity contribution in [1.82, 2.24) is 4.68 Å². The maximum atomic E-state index is 12.3. The van der Waals surface area contributed by atoms with Crippen LogP contribution in [0, 0.1) is 37.0 Å². The third-order valence-corrected chi connectivity index (χ3v) is 3.40. The molecule has 0 atom stereocenters. The van der Waals surface area contributed by atoms with Gasteiger partial charge in [0.05, 0.1) is 11.9 Å². The van der Waals surface area contributed by atoms with E-state index in [9.17, 15) is 9.70 Å².